The molecule has 2 rings (SSSR count). The summed E-state index contributed by atoms with van der Waals surface area (Å²) in [7, 11) is 7.72. The van der Waals surface area contributed by atoms with Crippen LogP contribution in [0.25, 0.3) is 17.0 Å². The number of likely N-dealkylation sites (N-methyl/N-ethyl adjacent to an activating group) is 1. The maximum atomic E-state index is 10.8. The number of fused-ring (bicyclic) bond motifs is 1. The third-order valence-electron chi connectivity index (χ3n) is 3.65. The second-order valence-electron chi connectivity index (χ2n) is 5.57. The summed E-state index contributed by atoms with van der Waals surface area (Å²) in [5.41, 5.74) is 3.07. The Morgan fingerprint density at radius 3 is 2.65 bits per heavy atom. The van der Waals surface area contributed by atoms with Gasteiger partial charge < -0.3 is 19.3 Å². The first-order valence-corrected chi connectivity index (χ1v) is 7.14. The van der Waals surface area contributed by atoms with Crippen molar-refractivity contribution in [2.45, 2.75) is 6.42 Å². The lowest BCUT2D eigenvalue weighted by atomic mass is 10.0. The molecule has 1 aromatic carbocycles. The Morgan fingerprint density at radius 2 is 2.09 bits per heavy atom. The molecule has 126 valence electrons. The molecular weight excluding hydrogens is 316 g/mol. The molecule has 0 aliphatic heterocycles. The SMILES string of the molecule is COc1ccc(C=CC(=O)O)c2c1c(CCN(C)C)cn2C.Cl. The fourth-order valence-corrected chi connectivity index (χ4v) is 2.64. The summed E-state index contributed by atoms with van der Waals surface area (Å²) in [6.07, 6.45) is 5.79. The molecule has 0 saturated carbocycles. The first kappa shape index (κ1) is 19.1. The van der Waals surface area contributed by atoms with Crippen molar-refractivity contribution in [3.05, 3.63) is 35.5 Å². The minimum Gasteiger partial charge on any atom is -0.496 e. The zero-order valence-electron chi connectivity index (χ0n) is 13.9. The number of rotatable bonds is 6. The molecule has 0 amide bonds. The number of ether oxygens (including phenoxy) is 1. The van der Waals surface area contributed by atoms with Crippen LogP contribution in [-0.2, 0) is 18.3 Å². The predicted octanol–water partition coefficient (Wildman–Crippen LogP) is 2.81. The van der Waals surface area contributed by atoms with Crippen LogP contribution in [0.3, 0.4) is 0 Å². The second-order valence-corrected chi connectivity index (χ2v) is 5.57. The molecular formula is C17H23ClN2O3. The normalized spacial score (nSPS) is 11.2. The molecule has 0 saturated heterocycles. The van der Waals surface area contributed by atoms with Crippen LogP contribution in [0, 0.1) is 0 Å². The summed E-state index contributed by atoms with van der Waals surface area (Å²) in [5.74, 6) is -0.136. The zero-order chi connectivity index (χ0) is 16.3. The maximum Gasteiger partial charge on any atom is 0.328 e. The van der Waals surface area contributed by atoms with E-state index in [4.69, 9.17) is 9.84 Å². The van der Waals surface area contributed by atoms with Crippen molar-refractivity contribution in [1.29, 1.82) is 0 Å². The van der Waals surface area contributed by atoms with Crippen molar-refractivity contribution in [3.8, 4) is 5.75 Å². The highest BCUT2D eigenvalue weighted by molar-refractivity contribution is 5.97. The number of carbonyl (C=O) groups is 1. The second kappa shape index (κ2) is 8.04. The van der Waals surface area contributed by atoms with Gasteiger partial charge in [-0.25, -0.2) is 4.79 Å². The average Bonchev–Trinajstić information content (AvgIpc) is 2.80. The minimum atomic E-state index is -0.953. The van der Waals surface area contributed by atoms with Crippen LogP contribution < -0.4 is 4.74 Å². The summed E-state index contributed by atoms with van der Waals surface area (Å²) >= 11 is 0. The number of methoxy groups -OCH3 is 1. The third-order valence-corrected chi connectivity index (χ3v) is 3.65. The number of aromatic nitrogens is 1. The van der Waals surface area contributed by atoms with Crippen molar-refractivity contribution in [2.75, 3.05) is 27.7 Å². The molecule has 2 aromatic rings. The Kier molecular flexibility index (Phi) is 6.66. The molecule has 0 unspecified atom stereocenters. The molecule has 23 heavy (non-hydrogen) atoms. The molecule has 0 atom stereocenters. The number of hydrogen-bond donors (Lipinski definition) is 1. The fraction of sp³-hybridized carbons (Fsp3) is 0.353. The van der Waals surface area contributed by atoms with E-state index in [2.05, 4.69) is 11.1 Å². The van der Waals surface area contributed by atoms with Crippen LogP contribution in [0.1, 0.15) is 11.1 Å². The molecule has 0 fully saturated rings. The number of benzene rings is 1. The van der Waals surface area contributed by atoms with Gasteiger partial charge in [0.15, 0.2) is 0 Å². The van der Waals surface area contributed by atoms with Crippen molar-refractivity contribution >= 4 is 35.4 Å². The Balaban J connectivity index is 0.00000264. The summed E-state index contributed by atoms with van der Waals surface area (Å²) in [6, 6.07) is 3.78. The lowest BCUT2D eigenvalue weighted by molar-refractivity contribution is -0.131. The summed E-state index contributed by atoms with van der Waals surface area (Å²) in [4.78, 5) is 12.9. The van der Waals surface area contributed by atoms with E-state index >= 15 is 0 Å². The first-order valence-electron chi connectivity index (χ1n) is 7.14. The van der Waals surface area contributed by atoms with E-state index in [1.54, 1.807) is 13.2 Å². The Bertz CT molecular complexity index is 720. The highest BCUT2D eigenvalue weighted by Gasteiger charge is 2.14. The molecule has 6 heteroatoms. The number of carboxylic acid groups (broad SMARTS) is 1. The Hall–Kier alpha value is -1.98. The van der Waals surface area contributed by atoms with Crippen LogP contribution in [0.5, 0.6) is 5.75 Å². The smallest absolute Gasteiger partial charge is 0.328 e. The molecule has 0 aliphatic carbocycles. The van der Waals surface area contributed by atoms with Crippen molar-refractivity contribution in [2.24, 2.45) is 7.05 Å². The van der Waals surface area contributed by atoms with E-state index < -0.39 is 5.97 Å². The highest BCUT2D eigenvalue weighted by atomic mass is 35.5. The Morgan fingerprint density at radius 1 is 1.39 bits per heavy atom. The molecule has 1 heterocycles. The van der Waals surface area contributed by atoms with Crippen LogP contribution in [-0.4, -0.2) is 48.3 Å². The Labute approximate surface area is 142 Å². The summed E-state index contributed by atoms with van der Waals surface area (Å²) in [6.45, 7) is 0.942. The number of aliphatic carboxylic acids is 1. The largest absolute Gasteiger partial charge is 0.496 e. The van der Waals surface area contributed by atoms with Crippen LogP contribution in [0.2, 0.25) is 0 Å². The summed E-state index contributed by atoms with van der Waals surface area (Å²) in [5, 5.41) is 9.90. The van der Waals surface area contributed by atoms with Gasteiger partial charge in [-0.05, 0) is 49.9 Å². The zero-order valence-corrected chi connectivity index (χ0v) is 14.7. The molecule has 5 nitrogen and oxygen atoms in total. The lowest BCUT2D eigenvalue weighted by Gasteiger charge is -2.10. The van der Waals surface area contributed by atoms with Crippen LogP contribution >= 0.6 is 12.4 Å². The van der Waals surface area contributed by atoms with Gasteiger partial charge in [-0.3, -0.25) is 0 Å². The van der Waals surface area contributed by atoms with Gasteiger partial charge in [-0.15, -0.1) is 12.4 Å². The number of halogens is 1. The minimum absolute atomic E-state index is 0. The number of carboxylic acids is 1. The third kappa shape index (κ3) is 4.27. The van der Waals surface area contributed by atoms with Crippen LogP contribution in [0.15, 0.2) is 24.4 Å². The van der Waals surface area contributed by atoms with Gasteiger partial charge in [0, 0.05) is 31.3 Å². The monoisotopic (exact) mass is 338 g/mol. The van der Waals surface area contributed by atoms with Crippen molar-refractivity contribution in [3.63, 3.8) is 0 Å². The topological polar surface area (TPSA) is 54.7 Å². The standard InChI is InChI=1S/C17H22N2O3.ClH/c1-18(2)10-9-13-11-19(3)17-12(6-8-15(20)21)5-7-14(22-4)16(13)17;/h5-8,11H,9-10H2,1-4H3,(H,20,21);1H. The van der Waals surface area contributed by atoms with Crippen molar-refractivity contribution < 1.29 is 14.6 Å². The van der Waals surface area contributed by atoms with Gasteiger partial charge >= 0.3 is 5.97 Å². The average molecular weight is 339 g/mol. The van der Waals surface area contributed by atoms with E-state index in [9.17, 15) is 4.79 Å². The number of hydrogen-bond acceptors (Lipinski definition) is 3. The molecule has 1 N–H and O–H groups in total. The maximum absolute atomic E-state index is 10.8. The van der Waals surface area contributed by atoms with Crippen LogP contribution in [0.4, 0.5) is 0 Å². The fourth-order valence-electron chi connectivity index (χ4n) is 2.64. The van der Waals surface area contributed by atoms with Gasteiger partial charge in [0.2, 0.25) is 0 Å². The van der Waals surface area contributed by atoms with E-state index in [1.165, 1.54) is 5.56 Å². The summed E-state index contributed by atoms with van der Waals surface area (Å²) < 4.78 is 7.53. The molecule has 0 radical (unpaired) electrons. The number of aryl methyl sites for hydroxylation is 1. The molecule has 0 spiro atoms. The van der Waals surface area contributed by atoms with Gasteiger partial charge in [0.1, 0.15) is 5.75 Å². The predicted molar refractivity (Wildman–Crippen MR) is 95.6 cm³/mol. The van der Waals surface area contributed by atoms with Gasteiger partial charge in [0.05, 0.1) is 12.6 Å². The lowest BCUT2D eigenvalue weighted by Crippen LogP contribution is -2.14. The van der Waals surface area contributed by atoms with E-state index in [0.29, 0.717) is 0 Å². The molecule has 1 aromatic heterocycles. The highest BCUT2D eigenvalue weighted by Crippen LogP contribution is 2.33. The van der Waals surface area contributed by atoms with Crippen molar-refractivity contribution in [1.82, 2.24) is 9.47 Å². The number of nitrogens with zero attached hydrogens (tertiary/aromatic N) is 2. The van der Waals surface area contributed by atoms with E-state index in [0.717, 1.165) is 41.3 Å². The van der Waals surface area contributed by atoms with E-state index in [-0.39, 0.29) is 12.4 Å². The quantitative estimate of drug-likeness (QED) is 0.823. The van der Waals surface area contributed by atoms with Gasteiger partial charge in [0.25, 0.3) is 0 Å². The molecule has 0 bridgehead atoms. The van der Waals surface area contributed by atoms with Gasteiger partial charge in [-0.1, -0.05) is 0 Å². The first-order chi connectivity index (χ1) is 10.4. The van der Waals surface area contributed by atoms with E-state index in [1.807, 2.05) is 37.8 Å². The molecule has 0 aliphatic rings. The van der Waals surface area contributed by atoms with Gasteiger partial charge in [-0.2, -0.15) is 0 Å².